The van der Waals surface area contributed by atoms with E-state index in [2.05, 4.69) is 30.2 Å². The van der Waals surface area contributed by atoms with Crippen LogP contribution in [0, 0.1) is 0 Å². The Morgan fingerprint density at radius 1 is 1.24 bits per heavy atom. The molecule has 0 spiro atoms. The number of sulfone groups is 1. The number of halogens is 1. The Labute approximate surface area is 153 Å². The van der Waals surface area contributed by atoms with Gasteiger partial charge in [0.25, 0.3) is 0 Å². The summed E-state index contributed by atoms with van der Waals surface area (Å²) in [7, 11) is -3.34. The second-order valence-corrected chi connectivity index (χ2v) is 8.53. The number of hydrogen-bond acceptors (Lipinski definition) is 3. The van der Waals surface area contributed by atoms with E-state index in [-0.39, 0.29) is 15.9 Å². The molecule has 0 saturated heterocycles. The second-order valence-electron chi connectivity index (χ2n) is 6.14. The van der Waals surface area contributed by atoms with Crippen molar-refractivity contribution in [2.75, 3.05) is 11.6 Å². The van der Waals surface area contributed by atoms with Crippen LogP contribution < -0.4 is 11.1 Å². The maximum Gasteiger partial charge on any atom is 0.193 e. The predicted molar refractivity (Wildman–Crippen MR) is 104 cm³/mol. The Balaban J connectivity index is 2.09. The molecule has 0 aromatic heterocycles. The standard InChI is InChI=1S/C18H22ClN3O2S/c1-12(2)14-5-4-6-15(10-14)22-18(20)21-11-13-7-8-17(16(19)9-13)25(3,23)24/h4-10,12H,11H2,1-3H3,(H3,20,21,22). The first-order valence-corrected chi connectivity index (χ1v) is 10.1. The average molecular weight is 380 g/mol. The summed E-state index contributed by atoms with van der Waals surface area (Å²) in [6, 6.07) is 12.7. The smallest absolute Gasteiger partial charge is 0.193 e. The molecular weight excluding hydrogens is 358 g/mol. The van der Waals surface area contributed by atoms with Crippen molar-refractivity contribution < 1.29 is 8.42 Å². The number of hydrogen-bond donors (Lipinski definition) is 2. The van der Waals surface area contributed by atoms with E-state index in [9.17, 15) is 8.42 Å². The molecule has 2 rings (SSSR count). The molecule has 2 aromatic carbocycles. The normalized spacial score (nSPS) is 12.4. The molecule has 0 aliphatic heterocycles. The van der Waals surface area contributed by atoms with Crippen LogP contribution in [0.3, 0.4) is 0 Å². The Morgan fingerprint density at radius 3 is 2.56 bits per heavy atom. The number of anilines is 1. The molecule has 0 amide bonds. The van der Waals surface area contributed by atoms with E-state index in [0.29, 0.717) is 12.5 Å². The molecule has 0 bridgehead atoms. The molecule has 0 unspecified atom stereocenters. The van der Waals surface area contributed by atoms with Gasteiger partial charge < -0.3 is 11.1 Å². The van der Waals surface area contributed by atoms with Gasteiger partial charge >= 0.3 is 0 Å². The summed E-state index contributed by atoms with van der Waals surface area (Å²) < 4.78 is 23.1. The maximum absolute atomic E-state index is 11.6. The number of rotatable bonds is 5. The number of nitrogens with two attached hydrogens (primary N) is 1. The summed E-state index contributed by atoms with van der Waals surface area (Å²) in [6.07, 6.45) is 1.12. The van der Waals surface area contributed by atoms with Crippen molar-refractivity contribution in [3.8, 4) is 0 Å². The van der Waals surface area contributed by atoms with Crippen LogP contribution in [-0.4, -0.2) is 20.6 Å². The molecule has 25 heavy (non-hydrogen) atoms. The molecule has 0 aliphatic rings. The van der Waals surface area contributed by atoms with Gasteiger partial charge in [0, 0.05) is 11.9 Å². The predicted octanol–water partition coefficient (Wildman–Crippen LogP) is 3.79. The average Bonchev–Trinajstić information content (AvgIpc) is 2.52. The van der Waals surface area contributed by atoms with E-state index >= 15 is 0 Å². The minimum Gasteiger partial charge on any atom is -0.370 e. The minimum absolute atomic E-state index is 0.110. The van der Waals surface area contributed by atoms with Crippen molar-refractivity contribution in [1.29, 1.82) is 0 Å². The van der Waals surface area contributed by atoms with Gasteiger partial charge in [0.15, 0.2) is 15.8 Å². The number of nitrogens with zero attached hydrogens (tertiary/aromatic N) is 1. The van der Waals surface area contributed by atoms with Crippen molar-refractivity contribution in [2.24, 2.45) is 10.7 Å². The van der Waals surface area contributed by atoms with Crippen LogP contribution in [0.5, 0.6) is 0 Å². The fourth-order valence-electron chi connectivity index (χ4n) is 2.28. The molecule has 134 valence electrons. The molecule has 0 aliphatic carbocycles. The number of benzene rings is 2. The van der Waals surface area contributed by atoms with Crippen LogP contribution in [0.2, 0.25) is 5.02 Å². The van der Waals surface area contributed by atoms with Gasteiger partial charge in [0.1, 0.15) is 0 Å². The monoisotopic (exact) mass is 379 g/mol. The largest absolute Gasteiger partial charge is 0.370 e. The molecular formula is C18H22ClN3O2S. The summed E-state index contributed by atoms with van der Waals surface area (Å²) in [5.74, 6) is 0.708. The third-order valence-corrected chi connectivity index (χ3v) is 5.23. The van der Waals surface area contributed by atoms with Crippen molar-refractivity contribution >= 4 is 33.1 Å². The summed E-state index contributed by atoms with van der Waals surface area (Å²) in [4.78, 5) is 4.38. The van der Waals surface area contributed by atoms with E-state index in [1.54, 1.807) is 12.1 Å². The highest BCUT2D eigenvalue weighted by Crippen LogP contribution is 2.23. The van der Waals surface area contributed by atoms with Crippen molar-refractivity contribution in [3.05, 3.63) is 58.6 Å². The summed E-state index contributed by atoms with van der Waals surface area (Å²) >= 11 is 6.03. The van der Waals surface area contributed by atoms with Gasteiger partial charge in [-0.05, 0) is 41.3 Å². The Bertz CT molecular complexity index is 893. The molecule has 0 heterocycles. The first-order valence-electron chi connectivity index (χ1n) is 7.82. The van der Waals surface area contributed by atoms with Gasteiger partial charge in [-0.3, -0.25) is 0 Å². The van der Waals surface area contributed by atoms with E-state index in [0.717, 1.165) is 17.5 Å². The van der Waals surface area contributed by atoms with Gasteiger partial charge in [-0.25, -0.2) is 13.4 Å². The highest BCUT2D eigenvalue weighted by atomic mass is 35.5. The molecule has 5 nitrogen and oxygen atoms in total. The van der Waals surface area contributed by atoms with Crippen LogP contribution >= 0.6 is 11.6 Å². The van der Waals surface area contributed by atoms with Crippen LogP contribution in [0.1, 0.15) is 30.9 Å². The topological polar surface area (TPSA) is 84.5 Å². The zero-order valence-electron chi connectivity index (χ0n) is 14.5. The third-order valence-electron chi connectivity index (χ3n) is 3.65. The minimum atomic E-state index is -3.34. The van der Waals surface area contributed by atoms with Crippen LogP contribution in [-0.2, 0) is 16.4 Å². The van der Waals surface area contributed by atoms with Gasteiger partial charge in [0.2, 0.25) is 0 Å². The number of guanidine groups is 1. The molecule has 3 N–H and O–H groups in total. The first kappa shape index (κ1) is 19.3. The third kappa shape index (κ3) is 5.47. The lowest BCUT2D eigenvalue weighted by Gasteiger charge is -2.10. The van der Waals surface area contributed by atoms with E-state index in [1.807, 2.05) is 18.2 Å². The van der Waals surface area contributed by atoms with E-state index in [4.69, 9.17) is 17.3 Å². The lowest BCUT2D eigenvalue weighted by molar-refractivity contribution is 0.602. The highest BCUT2D eigenvalue weighted by molar-refractivity contribution is 7.90. The van der Waals surface area contributed by atoms with Crippen molar-refractivity contribution in [3.63, 3.8) is 0 Å². The van der Waals surface area contributed by atoms with E-state index in [1.165, 1.54) is 11.6 Å². The Morgan fingerprint density at radius 2 is 1.96 bits per heavy atom. The molecule has 0 radical (unpaired) electrons. The summed E-state index contributed by atoms with van der Waals surface area (Å²) in [5.41, 5.74) is 8.79. The first-order chi connectivity index (χ1) is 11.7. The van der Waals surface area contributed by atoms with Gasteiger partial charge in [-0.2, -0.15) is 0 Å². The second kappa shape index (κ2) is 7.89. The Kier molecular flexibility index (Phi) is 6.08. The molecule has 2 aromatic rings. The molecule has 0 saturated carbocycles. The lowest BCUT2D eigenvalue weighted by atomic mass is 10.0. The number of aliphatic imine (C=N–C) groups is 1. The highest BCUT2D eigenvalue weighted by Gasteiger charge is 2.12. The van der Waals surface area contributed by atoms with E-state index < -0.39 is 9.84 Å². The maximum atomic E-state index is 11.6. The molecule has 0 fully saturated rings. The fraction of sp³-hybridized carbons (Fsp3) is 0.278. The quantitative estimate of drug-likeness (QED) is 0.611. The van der Waals surface area contributed by atoms with Crippen LogP contribution in [0.25, 0.3) is 0 Å². The summed E-state index contributed by atoms with van der Waals surface area (Å²) in [6.45, 7) is 4.55. The van der Waals surface area contributed by atoms with Gasteiger partial charge in [-0.1, -0.05) is 43.6 Å². The van der Waals surface area contributed by atoms with Gasteiger partial charge in [-0.15, -0.1) is 0 Å². The zero-order chi connectivity index (χ0) is 18.6. The van der Waals surface area contributed by atoms with Crippen LogP contribution in [0.15, 0.2) is 52.4 Å². The van der Waals surface area contributed by atoms with Crippen molar-refractivity contribution in [1.82, 2.24) is 0 Å². The fourth-order valence-corrected chi connectivity index (χ4v) is 3.63. The SMILES string of the molecule is CC(C)c1cccc(NC(N)=NCc2ccc(S(C)(=O)=O)c(Cl)c2)c1. The van der Waals surface area contributed by atoms with Crippen LogP contribution in [0.4, 0.5) is 5.69 Å². The zero-order valence-corrected chi connectivity index (χ0v) is 16.0. The van der Waals surface area contributed by atoms with Gasteiger partial charge in [0.05, 0.1) is 16.5 Å². The number of nitrogens with one attached hydrogen (secondary N) is 1. The lowest BCUT2D eigenvalue weighted by Crippen LogP contribution is -2.22. The molecule has 0 atom stereocenters. The Hall–Kier alpha value is -2.05. The van der Waals surface area contributed by atoms with Crippen molar-refractivity contribution in [2.45, 2.75) is 31.2 Å². The molecule has 7 heteroatoms. The summed E-state index contributed by atoms with van der Waals surface area (Å²) in [5, 5.41) is 3.24.